The lowest BCUT2D eigenvalue weighted by Gasteiger charge is -1.90. The van der Waals surface area contributed by atoms with E-state index in [0.29, 0.717) is 0 Å². The van der Waals surface area contributed by atoms with Gasteiger partial charge in [-0.1, -0.05) is 0 Å². The Kier molecular flexibility index (Phi) is 1.06. The predicted molar refractivity (Wildman–Crippen MR) is 21.3 cm³/mol. The molecule has 0 aromatic rings. The predicted octanol–water partition coefficient (Wildman–Crippen LogP) is -0.582. The average Bonchev–Trinajstić information content (AvgIpc) is 1.31. The van der Waals surface area contributed by atoms with Gasteiger partial charge in [-0.2, -0.15) is 0 Å². The first-order chi connectivity index (χ1) is 2.94. The van der Waals surface area contributed by atoms with E-state index >= 15 is 0 Å². The number of carboxylic acids is 1. The fourth-order valence-electron chi connectivity index (χ4n) is 0. The van der Waals surface area contributed by atoms with Crippen LogP contribution in [-0.2, 0) is 4.79 Å². The lowest BCUT2D eigenvalue weighted by atomic mass is 10.4. The van der Waals surface area contributed by atoms with Crippen molar-refractivity contribution in [3.8, 4) is 0 Å². The van der Waals surface area contributed by atoms with Crippen molar-refractivity contribution in [1.29, 1.82) is 0 Å². The van der Waals surface area contributed by atoms with Gasteiger partial charge in [-0.25, -0.2) is 0 Å². The van der Waals surface area contributed by atoms with E-state index in [2.05, 4.69) is 0 Å². The van der Waals surface area contributed by atoms with Gasteiger partial charge in [-0.15, -0.1) is 0 Å². The maximum absolute atomic E-state index is 9.71. The normalized spacial score (nSPS) is 21.3. The summed E-state index contributed by atoms with van der Waals surface area (Å²) in [5.74, 6) is -1.31. The van der Waals surface area contributed by atoms with Crippen LogP contribution >= 0.6 is 0 Å². The lowest BCUT2D eigenvalue weighted by molar-refractivity contribution is -0.138. The molecule has 0 aliphatic rings. The number of rotatable bonds is 1. The minimum Gasteiger partial charge on any atom is -0.480 e. The van der Waals surface area contributed by atoms with Gasteiger partial charge in [-0.3, -0.25) is 4.79 Å². The van der Waals surface area contributed by atoms with Crippen LogP contribution in [0.3, 0.4) is 0 Å². The van der Waals surface area contributed by atoms with Crippen LogP contribution in [0.15, 0.2) is 0 Å². The van der Waals surface area contributed by atoms with E-state index in [1.807, 2.05) is 0 Å². The second kappa shape index (κ2) is 1.77. The van der Waals surface area contributed by atoms with Crippen LogP contribution in [0.5, 0.6) is 0 Å². The van der Waals surface area contributed by atoms with Gasteiger partial charge in [0.15, 0.2) is 0 Å². The highest BCUT2D eigenvalue weighted by atomic mass is 16.4. The van der Waals surface area contributed by atoms with Crippen molar-refractivity contribution in [3.63, 3.8) is 0 Å². The van der Waals surface area contributed by atoms with E-state index in [4.69, 9.17) is 12.2 Å². The lowest BCUT2D eigenvalue weighted by Crippen LogP contribution is -2.25. The minimum absolute atomic E-state index is 1.11. The summed E-state index contributed by atoms with van der Waals surface area (Å²) in [5.41, 5.74) is 4.75. The number of nitrogens with two attached hydrogens (primary N) is 1. The molecule has 0 fully saturated rings. The van der Waals surface area contributed by atoms with E-state index in [1.165, 1.54) is 0 Å². The number of hydrogen-bond donors (Lipinski definition) is 2. The van der Waals surface area contributed by atoms with Crippen LogP contribution < -0.4 is 5.73 Å². The second-order valence-corrected chi connectivity index (χ2v) is 0.988. The third kappa shape index (κ3) is 1.72. The molecule has 0 radical (unpaired) electrons. The Bertz CT molecular complexity index is 85.4. The zero-order valence-corrected chi connectivity index (χ0v) is 3.43. The van der Waals surface area contributed by atoms with Crippen LogP contribution in [-0.4, -0.2) is 17.1 Å². The van der Waals surface area contributed by atoms with Crippen molar-refractivity contribution >= 4 is 5.97 Å². The molecule has 36 valence electrons. The Morgan fingerprint density at radius 1 is 2.33 bits per heavy atom. The molecule has 0 heterocycles. The van der Waals surface area contributed by atoms with E-state index in [-0.39, 0.29) is 0 Å². The molecule has 3 heteroatoms. The first kappa shape index (κ1) is 3.61. The van der Waals surface area contributed by atoms with Gasteiger partial charge < -0.3 is 10.8 Å². The fourth-order valence-corrected chi connectivity index (χ4v) is 0. The van der Waals surface area contributed by atoms with Crippen molar-refractivity contribution < 1.29 is 11.3 Å². The third-order valence-corrected chi connectivity index (χ3v) is 0.337. The first-order valence-electron chi connectivity index (χ1n) is 1.97. The van der Waals surface area contributed by atoms with E-state index in [9.17, 15) is 4.79 Å². The molecule has 0 rings (SSSR count). The Hall–Kier alpha value is -0.570. The van der Waals surface area contributed by atoms with Crippen LogP contribution in [0.2, 0.25) is 0 Å². The van der Waals surface area contributed by atoms with E-state index in [1.54, 1.807) is 0 Å². The summed E-state index contributed by atoms with van der Waals surface area (Å²) in [7, 11) is 0. The average molecular weight is 90.1 g/mol. The zero-order valence-electron chi connectivity index (χ0n) is 4.43. The Labute approximate surface area is 37.2 Å². The SMILES string of the molecule is [2H][C@@](C)(N)C(=O)O. The molecule has 0 unspecified atom stereocenters. The summed E-state index contributed by atoms with van der Waals surface area (Å²) in [6.07, 6.45) is 0. The van der Waals surface area contributed by atoms with Gasteiger partial charge in [0.2, 0.25) is 0 Å². The summed E-state index contributed by atoms with van der Waals surface area (Å²) in [6, 6.07) is -1.83. The molecular formula is C3H7NO2. The van der Waals surface area contributed by atoms with Crippen molar-refractivity contribution in [1.82, 2.24) is 0 Å². The minimum atomic E-state index is -1.83. The molecule has 6 heavy (non-hydrogen) atoms. The highest BCUT2D eigenvalue weighted by Crippen LogP contribution is 1.68. The summed E-state index contributed by atoms with van der Waals surface area (Å²) >= 11 is 0. The van der Waals surface area contributed by atoms with Crippen molar-refractivity contribution in [2.24, 2.45) is 5.73 Å². The van der Waals surface area contributed by atoms with Crippen LogP contribution in [0.25, 0.3) is 0 Å². The van der Waals surface area contributed by atoms with Crippen molar-refractivity contribution in [3.05, 3.63) is 0 Å². The Morgan fingerprint density at radius 3 is 2.50 bits per heavy atom. The molecule has 0 saturated heterocycles. The second-order valence-electron chi connectivity index (χ2n) is 0.988. The molecule has 3 nitrogen and oxygen atoms in total. The largest absolute Gasteiger partial charge is 0.480 e. The van der Waals surface area contributed by atoms with E-state index < -0.39 is 12.0 Å². The number of aliphatic carboxylic acids is 1. The maximum atomic E-state index is 9.71. The van der Waals surface area contributed by atoms with Crippen LogP contribution in [0.1, 0.15) is 8.29 Å². The molecule has 0 spiro atoms. The number of carboxylic acid groups (broad SMARTS) is 1. The molecule has 0 aromatic heterocycles. The van der Waals surface area contributed by atoms with Crippen LogP contribution in [0.4, 0.5) is 0 Å². The van der Waals surface area contributed by atoms with Gasteiger partial charge in [0.25, 0.3) is 0 Å². The summed E-state index contributed by atoms with van der Waals surface area (Å²) < 4.78 is 6.56. The molecular weight excluding hydrogens is 82.0 g/mol. The molecule has 1 atom stereocenters. The van der Waals surface area contributed by atoms with Gasteiger partial charge in [0.1, 0.15) is 6.02 Å². The molecule has 0 aliphatic heterocycles. The van der Waals surface area contributed by atoms with Crippen molar-refractivity contribution in [2.75, 3.05) is 0 Å². The van der Waals surface area contributed by atoms with E-state index in [0.717, 1.165) is 6.92 Å². The maximum Gasteiger partial charge on any atom is 0.320 e. The first-order valence-corrected chi connectivity index (χ1v) is 1.47. The smallest absolute Gasteiger partial charge is 0.320 e. The van der Waals surface area contributed by atoms with Crippen molar-refractivity contribution in [2.45, 2.75) is 12.9 Å². The third-order valence-electron chi connectivity index (χ3n) is 0.337. The number of hydrogen-bond acceptors (Lipinski definition) is 2. The molecule has 0 saturated carbocycles. The summed E-state index contributed by atoms with van der Waals surface area (Å²) in [5, 5.41) is 7.94. The highest BCUT2D eigenvalue weighted by Gasteiger charge is 1.99. The fraction of sp³-hybridized carbons (Fsp3) is 0.667. The van der Waals surface area contributed by atoms with Crippen LogP contribution in [0, 0.1) is 0 Å². The zero-order chi connectivity index (χ0) is 6.08. The topological polar surface area (TPSA) is 63.3 Å². The summed E-state index contributed by atoms with van der Waals surface area (Å²) in [6.45, 7) is 1.11. The molecule has 0 aromatic carbocycles. The molecule has 0 bridgehead atoms. The van der Waals surface area contributed by atoms with Gasteiger partial charge in [0.05, 0.1) is 1.37 Å². The molecule has 3 N–H and O–H groups in total. The summed E-state index contributed by atoms with van der Waals surface area (Å²) in [4.78, 5) is 9.71. The Morgan fingerprint density at radius 2 is 2.50 bits per heavy atom. The molecule has 0 amide bonds. The number of carbonyl (C=O) groups is 1. The van der Waals surface area contributed by atoms with Gasteiger partial charge >= 0.3 is 5.97 Å². The van der Waals surface area contributed by atoms with Gasteiger partial charge in [0, 0.05) is 0 Å². The highest BCUT2D eigenvalue weighted by molar-refractivity contribution is 5.72. The monoisotopic (exact) mass is 90.1 g/mol. The Balaban J connectivity index is 3.79. The quantitative estimate of drug-likeness (QED) is 0.452. The molecule has 0 aliphatic carbocycles. The van der Waals surface area contributed by atoms with Gasteiger partial charge in [-0.05, 0) is 6.92 Å². The standard InChI is InChI=1S/C3H7NO2/c1-2(4)3(5)6/h2H,4H2,1H3,(H,5,6)/t2-/m0/s1/i2D.